The van der Waals surface area contributed by atoms with Crippen LogP contribution in [0.15, 0.2) is 36.4 Å². The fraction of sp³-hybridized carbons (Fsp3) is 0.568. The van der Waals surface area contributed by atoms with Gasteiger partial charge in [0.25, 0.3) is 0 Å². The monoisotopic (exact) mass is 652 g/mol. The standard InChI is InChI=1S/C37H50O6P2/c1-33(2,3)23-13-15-27(25(17-23)35(7,8)9)42-44-29(38)19-37(20-30(44)39)21-31(40)45(32(41)22-37)43-28-16-14-24(34(4,5)6)18-26(28)36(10,11)12/h13-18H,19-22H2,1-12H3. The summed E-state index contributed by atoms with van der Waals surface area (Å²) in [6, 6.07) is 11.9. The third-order valence-corrected chi connectivity index (χ3v) is 11.9. The Kier molecular flexibility index (Phi) is 9.44. The van der Waals surface area contributed by atoms with E-state index >= 15 is 0 Å². The van der Waals surface area contributed by atoms with Crippen LogP contribution in [-0.4, -0.2) is 22.1 Å². The van der Waals surface area contributed by atoms with Crippen molar-refractivity contribution in [2.75, 3.05) is 0 Å². The van der Waals surface area contributed by atoms with Crippen LogP contribution in [0.1, 0.15) is 131 Å². The van der Waals surface area contributed by atoms with Gasteiger partial charge in [-0.3, -0.25) is 19.2 Å². The highest BCUT2D eigenvalue weighted by Gasteiger charge is 2.54. The van der Waals surface area contributed by atoms with Crippen molar-refractivity contribution in [2.24, 2.45) is 5.41 Å². The van der Waals surface area contributed by atoms with Gasteiger partial charge in [-0.15, -0.1) is 0 Å². The van der Waals surface area contributed by atoms with E-state index in [1.54, 1.807) is 0 Å². The van der Waals surface area contributed by atoms with Gasteiger partial charge >= 0.3 is 0 Å². The average molecular weight is 653 g/mol. The van der Waals surface area contributed by atoms with Crippen LogP contribution in [0.4, 0.5) is 0 Å². The minimum absolute atomic E-state index is 0.0243. The summed E-state index contributed by atoms with van der Waals surface area (Å²) in [5.41, 5.74) is 1.22. The molecule has 0 saturated carbocycles. The van der Waals surface area contributed by atoms with Gasteiger partial charge in [0.2, 0.25) is 38.4 Å². The SMILES string of the molecule is CC(C)(C)c1ccc(OP2C(=O)CC3(CC2=O)CC(=O)P(Oc2ccc(C(C)(C)C)cc2C(C)(C)C)C(=O)C3)c(C(C)(C)C)c1. The first kappa shape index (κ1) is 35.4. The van der Waals surface area contributed by atoms with Gasteiger partial charge < -0.3 is 9.05 Å². The fourth-order valence-electron chi connectivity index (χ4n) is 5.95. The van der Waals surface area contributed by atoms with Crippen molar-refractivity contribution in [3.8, 4) is 11.5 Å². The Morgan fingerprint density at radius 3 is 1.02 bits per heavy atom. The summed E-state index contributed by atoms with van der Waals surface area (Å²) in [5, 5.41) is 0. The van der Waals surface area contributed by atoms with E-state index in [9.17, 15) is 19.2 Å². The summed E-state index contributed by atoms with van der Waals surface area (Å²) < 4.78 is 12.5. The molecule has 4 rings (SSSR count). The molecule has 2 aromatic carbocycles. The molecule has 2 aliphatic rings. The molecule has 2 heterocycles. The normalized spacial score (nSPS) is 23.5. The molecule has 0 atom stereocenters. The van der Waals surface area contributed by atoms with Crippen LogP contribution in [-0.2, 0) is 40.8 Å². The zero-order valence-electron chi connectivity index (χ0n) is 29.1. The van der Waals surface area contributed by atoms with Crippen molar-refractivity contribution in [1.29, 1.82) is 0 Å². The molecule has 1 spiro atoms. The highest BCUT2D eigenvalue weighted by atomic mass is 31.1. The Labute approximate surface area is 272 Å². The molecule has 0 N–H and O–H groups in total. The highest BCUT2D eigenvalue weighted by Crippen LogP contribution is 2.61. The summed E-state index contributed by atoms with van der Waals surface area (Å²) in [6.07, 6.45) is -0.0970. The first-order valence-electron chi connectivity index (χ1n) is 15.8. The fourth-order valence-corrected chi connectivity index (χ4v) is 9.54. The molecule has 2 saturated heterocycles. The molecule has 0 bridgehead atoms. The van der Waals surface area contributed by atoms with E-state index in [1.165, 1.54) is 0 Å². The molecule has 2 fully saturated rings. The van der Waals surface area contributed by atoms with E-state index < -0.39 is 21.7 Å². The van der Waals surface area contributed by atoms with Crippen LogP contribution in [0.25, 0.3) is 0 Å². The molecule has 244 valence electrons. The van der Waals surface area contributed by atoms with Gasteiger partial charge in [-0.25, -0.2) is 0 Å². The van der Waals surface area contributed by atoms with Crippen molar-refractivity contribution < 1.29 is 28.2 Å². The van der Waals surface area contributed by atoms with E-state index in [-0.39, 0.29) is 69.4 Å². The quantitative estimate of drug-likeness (QED) is 0.306. The number of rotatable bonds is 4. The first-order chi connectivity index (χ1) is 20.4. The van der Waals surface area contributed by atoms with E-state index in [1.807, 2.05) is 24.3 Å². The number of carbonyl (C=O) groups excluding carboxylic acids is 4. The molecule has 0 radical (unpaired) electrons. The average Bonchev–Trinajstić information content (AvgIpc) is 2.86. The van der Waals surface area contributed by atoms with E-state index in [2.05, 4.69) is 95.2 Å². The molecule has 0 aromatic heterocycles. The summed E-state index contributed by atoms with van der Waals surface area (Å²) in [6.45, 7) is 25.3. The van der Waals surface area contributed by atoms with Crippen LogP contribution in [0.2, 0.25) is 0 Å². The lowest BCUT2D eigenvalue weighted by Gasteiger charge is -2.41. The molecule has 0 unspecified atom stereocenters. The maximum atomic E-state index is 13.6. The maximum Gasteiger partial charge on any atom is 0.223 e. The molecular formula is C37H50O6P2. The van der Waals surface area contributed by atoms with Crippen LogP contribution < -0.4 is 9.05 Å². The second-order valence-electron chi connectivity index (χ2n) is 17.0. The lowest BCUT2D eigenvalue weighted by Crippen LogP contribution is -2.40. The van der Waals surface area contributed by atoms with E-state index in [0.717, 1.165) is 22.3 Å². The van der Waals surface area contributed by atoms with Crippen molar-refractivity contribution in [3.63, 3.8) is 0 Å². The zero-order chi connectivity index (χ0) is 33.9. The molecular weight excluding hydrogens is 602 g/mol. The van der Waals surface area contributed by atoms with Crippen LogP contribution >= 0.6 is 16.3 Å². The maximum absolute atomic E-state index is 13.6. The number of benzene rings is 2. The molecule has 0 amide bonds. The van der Waals surface area contributed by atoms with Crippen LogP contribution in [0.5, 0.6) is 11.5 Å². The molecule has 0 aliphatic carbocycles. The van der Waals surface area contributed by atoms with Crippen molar-refractivity contribution in [3.05, 3.63) is 58.7 Å². The Hall–Kier alpha value is -2.42. The van der Waals surface area contributed by atoms with Gasteiger partial charge in [0.1, 0.15) is 11.5 Å². The first-order valence-corrected chi connectivity index (χ1v) is 18.3. The predicted molar refractivity (Wildman–Crippen MR) is 184 cm³/mol. The summed E-state index contributed by atoms with van der Waals surface area (Å²) in [4.78, 5) is 54.2. The minimum Gasteiger partial charge on any atom is -0.458 e. The Morgan fingerprint density at radius 1 is 0.489 bits per heavy atom. The van der Waals surface area contributed by atoms with Crippen LogP contribution in [0, 0.1) is 5.41 Å². The number of hydrogen-bond acceptors (Lipinski definition) is 6. The van der Waals surface area contributed by atoms with Crippen molar-refractivity contribution in [1.82, 2.24) is 0 Å². The smallest absolute Gasteiger partial charge is 0.223 e. The van der Waals surface area contributed by atoms with Gasteiger partial charge in [0, 0.05) is 36.8 Å². The molecule has 45 heavy (non-hydrogen) atoms. The van der Waals surface area contributed by atoms with Crippen molar-refractivity contribution in [2.45, 2.75) is 130 Å². The van der Waals surface area contributed by atoms with Gasteiger partial charge in [0.15, 0.2) is 0 Å². The van der Waals surface area contributed by atoms with Gasteiger partial charge in [-0.2, -0.15) is 0 Å². The molecule has 2 aromatic rings. The van der Waals surface area contributed by atoms with E-state index in [4.69, 9.17) is 9.05 Å². The number of hydrogen-bond donors (Lipinski definition) is 0. The summed E-state index contributed by atoms with van der Waals surface area (Å²) >= 11 is 0. The third-order valence-electron chi connectivity index (χ3n) is 8.70. The summed E-state index contributed by atoms with van der Waals surface area (Å²) in [7, 11) is -4.12. The van der Waals surface area contributed by atoms with E-state index in [0.29, 0.717) is 11.5 Å². The van der Waals surface area contributed by atoms with Crippen LogP contribution in [0.3, 0.4) is 0 Å². The second kappa shape index (κ2) is 12.0. The van der Waals surface area contributed by atoms with Gasteiger partial charge in [-0.1, -0.05) is 107 Å². The lowest BCUT2D eigenvalue weighted by atomic mass is 9.76. The predicted octanol–water partition coefficient (Wildman–Crippen LogP) is 9.81. The topological polar surface area (TPSA) is 86.7 Å². The number of carbonyl (C=O) groups is 4. The highest BCUT2D eigenvalue weighted by molar-refractivity contribution is 7.86. The lowest BCUT2D eigenvalue weighted by molar-refractivity contribution is -0.126. The van der Waals surface area contributed by atoms with Gasteiger partial charge in [-0.05, 0) is 50.3 Å². The molecule has 2 aliphatic heterocycles. The Bertz CT molecular complexity index is 1370. The minimum atomic E-state index is -2.06. The van der Waals surface area contributed by atoms with Gasteiger partial charge in [0.05, 0.1) is 0 Å². The van der Waals surface area contributed by atoms with Crippen molar-refractivity contribution >= 4 is 38.4 Å². The summed E-state index contributed by atoms with van der Waals surface area (Å²) in [5.74, 6) is 1.08. The zero-order valence-corrected chi connectivity index (χ0v) is 30.9. The molecule has 6 nitrogen and oxygen atoms in total. The Balaban J connectivity index is 1.54. The third kappa shape index (κ3) is 7.77. The molecule has 8 heteroatoms. The Morgan fingerprint density at radius 2 is 0.778 bits per heavy atom. The second-order valence-corrected chi connectivity index (χ2v) is 20.5. The largest absolute Gasteiger partial charge is 0.458 e.